The van der Waals surface area contributed by atoms with Crippen molar-refractivity contribution in [3.05, 3.63) is 28.8 Å². The first-order chi connectivity index (χ1) is 9.31. The predicted molar refractivity (Wildman–Crippen MR) is 88.0 cm³/mol. The van der Waals surface area contributed by atoms with Crippen LogP contribution < -0.4 is 0 Å². The number of hydrogen-bond acceptors (Lipinski definition) is 3. The van der Waals surface area contributed by atoms with Crippen molar-refractivity contribution in [2.24, 2.45) is 5.92 Å². The lowest BCUT2D eigenvalue weighted by molar-refractivity contribution is 0.0724. The minimum absolute atomic E-state index is 0.0264. The zero-order valence-corrected chi connectivity index (χ0v) is 14.2. The number of benzene rings is 1. The Morgan fingerprint density at radius 3 is 2.50 bits per heavy atom. The molecule has 0 aliphatic heterocycles. The first-order valence-corrected chi connectivity index (χ1v) is 7.56. The van der Waals surface area contributed by atoms with Crippen LogP contribution in [-0.4, -0.2) is 49.4 Å². The highest BCUT2D eigenvalue weighted by molar-refractivity contribution is 7.80. The number of likely N-dealkylation sites (N-methyl/N-ethyl adjacent to an activating group) is 1. The van der Waals surface area contributed by atoms with E-state index in [0.717, 1.165) is 18.0 Å². The highest BCUT2D eigenvalue weighted by Gasteiger charge is 2.19. The van der Waals surface area contributed by atoms with E-state index in [1.165, 1.54) is 0 Å². The SMILES string of the molecule is CC(C)CN(CCN(C)C)C(=O)c1cc(S)ccc1Cl. The molecule has 0 heterocycles. The second-order valence-corrected chi connectivity index (χ2v) is 6.54. The van der Waals surface area contributed by atoms with Crippen LogP contribution in [0.15, 0.2) is 23.1 Å². The molecule has 0 aliphatic rings. The highest BCUT2D eigenvalue weighted by Crippen LogP contribution is 2.21. The summed E-state index contributed by atoms with van der Waals surface area (Å²) >= 11 is 10.4. The van der Waals surface area contributed by atoms with Crippen molar-refractivity contribution in [2.45, 2.75) is 18.7 Å². The van der Waals surface area contributed by atoms with Gasteiger partial charge in [-0.15, -0.1) is 12.6 Å². The van der Waals surface area contributed by atoms with Gasteiger partial charge in [0.1, 0.15) is 0 Å². The van der Waals surface area contributed by atoms with Gasteiger partial charge in [-0.25, -0.2) is 0 Å². The molecule has 1 aromatic rings. The monoisotopic (exact) mass is 314 g/mol. The Bertz CT molecular complexity index is 463. The molecule has 0 aliphatic carbocycles. The lowest BCUT2D eigenvalue weighted by Gasteiger charge is -2.26. The third-order valence-electron chi connectivity index (χ3n) is 2.87. The second-order valence-electron chi connectivity index (χ2n) is 5.61. The van der Waals surface area contributed by atoms with E-state index >= 15 is 0 Å². The Morgan fingerprint density at radius 1 is 1.30 bits per heavy atom. The van der Waals surface area contributed by atoms with Crippen molar-refractivity contribution in [1.82, 2.24) is 9.80 Å². The van der Waals surface area contributed by atoms with E-state index in [4.69, 9.17) is 11.6 Å². The van der Waals surface area contributed by atoms with E-state index in [-0.39, 0.29) is 5.91 Å². The second kappa shape index (κ2) is 7.91. The minimum Gasteiger partial charge on any atom is -0.337 e. The van der Waals surface area contributed by atoms with Crippen LogP contribution >= 0.6 is 24.2 Å². The van der Waals surface area contributed by atoms with Crippen LogP contribution in [0.5, 0.6) is 0 Å². The molecule has 112 valence electrons. The highest BCUT2D eigenvalue weighted by atomic mass is 35.5. The van der Waals surface area contributed by atoms with Crippen molar-refractivity contribution in [3.63, 3.8) is 0 Å². The molecule has 1 aromatic carbocycles. The van der Waals surface area contributed by atoms with E-state index in [9.17, 15) is 4.79 Å². The molecule has 0 bridgehead atoms. The smallest absolute Gasteiger partial charge is 0.255 e. The summed E-state index contributed by atoms with van der Waals surface area (Å²) in [6.07, 6.45) is 0. The molecular formula is C15H23ClN2OS. The van der Waals surface area contributed by atoms with E-state index in [2.05, 4.69) is 31.4 Å². The molecule has 0 radical (unpaired) electrons. The molecule has 1 rings (SSSR count). The number of halogens is 1. The molecule has 0 saturated heterocycles. The van der Waals surface area contributed by atoms with E-state index in [0.29, 0.717) is 23.0 Å². The van der Waals surface area contributed by atoms with Crippen molar-refractivity contribution >= 4 is 30.1 Å². The van der Waals surface area contributed by atoms with Crippen molar-refractivity contribution in [1.29, 1.82) is 0 Å². The van der Waals surface area contributed by atoms with Crippen molar-refractivity contribution in [2.75, 3.05) is 33.7 Å². The molecule has 5 heteroatoms. The zero-order chi connectivity index (χ0) is 15.3. The predicted octanol–water partition coefficient (Wildman–Crippen LogP) is 3.29. The third-order valence-corrected chi connectivity index (χ3v) is 3.48. The maximum Gasteiger partial charge on any atom is 0.255 e. The standard InChI is InChI=1S/C15H23ClN2OS/c1-11(2)10-18(8-7-17(3)4)15(19)13-9-12(20)5-6-14(13)16/h5-6,9,11,20H,7-8,10H2,1-4H3. The molecule has 0 spiro atoms. The van der Waals surface area contributed by atoms with Gasteiger partial charge in [-0.3, -0.25) is 4.79 Å². The molecule has 0 unspecified atom stereocenters. The van der Waals surface area contributed by atoms with E-state index in [1.54, 1.807) is 18.2 Å². The van der Waals surface area contributed by atoms with Crippen molar-refractivity contribution < 1.29 is 4.79 Å². The third kappa shape index (κ3) is 5.35. The van der Waals surface area contributed by atoms with Crippen LogP contribution in [0.2, 0.25) is 5.02 Å². The number of hydrogen-bond donors (Lipinski definition) is 1. The maximum absolute atomic E-state index is 12.7. The Morgan fingerprint density at radius 2 is 1.95 bits per heavy atom. The Labute approximate surface area is 132 Å². The van der Waals surface area contributed by atoms with Crippen LogP contribution in [-0.2, 0) is 0 Å². The van der Waals surface area contributed by atoms with Crippen LogP contribution in [0, 0.1) is 5.92 Å². The van der Waals surface area contributed by atoms with Crippen LogP contribution in [0.3, 0.4) is 0 Å². The van der Waals surface area contributed by atoms with Crippen molar-refractivity contribution in [3.8, 4) is 0 Å². The number of carbonyl (C=O) groups excluding carboxylic acids is 1. The van der Waals surface area contributed by atoms with Gasteiger partial charge in [0.25, 0.3) is 5.91 Å². The Balaban J connectivity index is 2.93. The van der Waals surface area contributed by atoms with Gasteiger partial charge >= 0.3 is 0 Å². The summed E-state index contributed by atoms with van der Waals surface area (Å²) in [5.74, 6) is 0.389. The summed E-state index contributed by atoms with van der Waals surface area (Å²) in [5, 5.41) is 0.478. The van der Waals surface area contributed by atoms with Gasteiger partial charge in [-0.05, 0) is 38.2 Å². The average Bonchev–Trinajstić information content (AvgIpc) is 2.36. The Hall–Kier alpha value is -0.710. The van der Waals surface area contributed by atoms with Gasteiger partial charge in [-0.2, -0.15) is 0 Å². The van der Waals surface area contributed by atoms with Gasteiger partial charge in [0.05, 0.1) is 10.6 Å². The normalized spacial score (nSPS) is 11.2. The largest absolute Gasteiger partial charge is 0.337 e. The summed E-state index contributed by atoms with van der Waals surface area (Å²) in [7, 11) is 4.00. The van der Waals surface area contributed by atoms with E-state index in [1.807, 2.05) is 19.0 Å². The number of amides is 1. The molecule has 0 aromatic heterocycles. The molecule has 20 heavy (non-hydrogen) atoms. The van der Waals surface area contributed by atoms with Crippen LogP contribution in [0.25, 0.3) is 0 Å². The Kier molecular flexibility index (Phi) is 6.86. The summed E-state index contributed by atoms with van der Waals surface area (Å²) < 4.78 is 0. The molecule has 0 saturated carbocycles. The zero-order valence-electron chi connectivity index (χ0n) is 12.6. The number of thiol groups is 1. The summed E-state index contributed by atoms with van der Waals surface area (Å²) in [6.45, 7) is 6.45. The summed E-state index contributed by atoms with van der Waals surface area (Å²) in [4.78, 5) is 17.3. The van der Waals surface area contributed by atoms with Gasteiger partial charge in [0, 0.05) is 24.5 Å². The summed E-state index contributed by atoms with van der Waals surface area (Å²) in [5.41, 5.74) is 0.526. The molecule has 0 fully saturated rings. The molecule has 1 amide bonds. The molecular weight excluding hydrogens is 292 g/mol. The lowest BCUT2D eigenvalue weighted by Crippen LogP contribution is -2.39. The first-order valence-electron chi connectivity index (χ1n) is 6.73. The fourth-order valence-electron chi connectivity index (χ4n) is 1.88. The van der Waals surface area contributed by atoms with Gasteiger partial charge in [0.2, 0.25) is 0 Å². The molecule has 3 nitrogen and oxygen atoms in total. The molecule has 0 atom stereocenters. The van der Waals surface area contributed by atoms with Gasteiger partial charge in [-0.1, -0.05) is 25.4 Å². The maximum atomic E-state index is 12.7. The van der Waals surface area contributed by atoms with Crippen LogP contribution in [0.1, 0.15) is 24.2 Å². The average molecular weight is 315 g/mol. The topological polar surface area (TPSA) is 23.6 Å². The van der Waals surface area contributed by atoms with Crippen LogP contribution in [0.4, 0.5) is 0 Å². The first kappa shape index (κ1) is 17.3. The quantitative estimate of drug-likeness (QED) is 0.815. The van der Waals surface area contributed by atoms with E-state index < -0.39 is 0 Å². The number of nitrogens with zero attached hydrogens (tertiary/aromatic N) is 2. The minimum atomic E-state index is -0.0264. The fraction of sp³-hybridized carbons (Fsp3) is 0.533. The number of carbonyl (C=O) groups is 1. The fourth-order valence-corrected chi connectivity index (χ4v) is 2.29. The number of rotatable bonds is 6. The van der Waals surface area contributed by atoms with Gasteiger partial charge in [0.15, 0.2) is 0 Å². The van der Waals surface area contributed by atoms with Gasteiger partial charge < -0.3 is 9.80 Å². The lowest BCUT2D eigenvalue weighted by atomic mass is 10.1. The molecule has 0 N–H and O–H groups in total. The summed E-state index contributed by atoms with van der Waals surface area (Å²) in [6, 6.07) is 5.24.